The molecule has 0 radical (unpaired) electrons. The van der Waals surface area contributed by atoms with E-state index < -0.39 is 18.4 Å². The Morgan fingerprint density at radius 2 is 1.44 bits per heavy atom. The van der Waals surface area contributed by atoms with Crippen LogP contribution in [0.5, 0.6) is 0 Å². The molecule has 0 spiro atoms. The second kappa shape index (κ2) is 11.6. The van der Waals surface area contributed by atoms with E-state index in [0.29, 0.717) is 21.9 Å². The molecule has 6 rings (SSSR count). The molecule has 2 saturated heterocycles. The van der Waals surface area contributed by atoms with E-state index in [2.05, 4.69) is 33.8 Å². The SMILES string of the molecule is C.CC[C@H]1O[C@@H](n2c(=O)sc3cnc(N)nc32)C[C@@H]1C.Nc1ncc2sc(=O)n([C@H]3C[C@H](O)[C@@H](CO)O3)c2n1. The zero-order chi connectivity index (χ0) is 27.1. The normalized spacial score (nSPS) is 26.5. The molecule has 2 aliphatic heterocycles. The summed E-state index contributed by atoms with van der Waals surface area (Å²) in [6.07, 6.45) is 2.89. The van der Waals surface area contributed by atoms with E-state index in [1.54, 1.807) is 10.8 Å². The van der Waals surface area contributed by atoms with Crippen LogP contribution in [0.15, 0.2) is 22.0 Å². The van der Waals surface area contributed by atoms with Gasteiger partial charge in [-0.25, -0.2) is 9.97 Å². The maximum atomic E-state index is 12.1. The lowest BCUT2D eigenvalue weighted by atomic mass is 10.0. The number of ether oxygens (including phenoxy) is 2. The van der Waals surface area contributed by atoms with Crippen LogP contribution in [0.25, 0.3) is 20.7 Å². The van der Waals surface area contributed by atoms with E-state index in [1.165, 1.54) is 10.8 Å². The summed E-state index contributed by atoms with van der Waals surface area (Å²) in [4.78, 5) is 39.8. The summed E-state index contributed by atoms with van der Waals surface area (Å²) in [6, 6.07) is 0. The van der Waals surface area contributed by atoms with Crippen LogP contribution in [0.3, 0.4) is 0 Å². The minimum Gasteiger partial charge on any atom is -0.394 e. The number of nitrogen functional groups attached to an aromatic ring is 2. The first-order chi connectivity index (χ1) is 18.2. The van der Waals surface area contributed by atoms with Crippen LogP contribution in [-0.2, 0) is 9.47 Å². The van der Waals surface area contributed by atoms with Crippen molar-refractivity contribution in [1.29, 1.82) is 0 Å². The molecule has 6 atom stereocenters. The molecule has 0 bridgehead atoms. The van der Waals surface area contributed by atoms with E-state index in [1.807, 2.05) is 0 Å². The highest BCUT2D eigenvalue weighted by molar-refractivity contribution is 7.16. The lowest BCUT2D eigenvalue weighted by molar-refractivity contribution is -0.0437. The largest absolute Gasteiger partial charge is 0.394 e. The Bertz CT molecular complexity index is 1450. The minimum atomic E-state index is -0.809. The average molecular weight is 581 g/mol. The van der Waals surface area contributed by atoms with Crippen LogP contribution in [0, 0.1) is 5.92 Å². The highest BCUT2D eigenvalue weighted by Gasteiger charge is 2.36. The van der Waals surface area contributed by atoms with Crippen molar-refractivity contribution in [3.05, 3.63) is 31.7 Å². The van der Waals surface area contributed by atoms with Crippen LogP contribution in [-0.4, -0.2) is 64.2 Å². The number of nitrogens with zero attached hydrogens (tertiary/aromatic N) is 6. The van der Waals surface area contributed by atoms with Crippen LogP contribution in [0.2, 0.25) is 0 Å². The van der Waals surface area contributed by atoms with Crippen molar-refractivity contribution in [2.24, 2.45) is 5.92 Å². The van der Waals surface area contributed by atoms with Crippen LogP contribution >= 0.6 is 22.7 Å². The second-order valence-corrected chi connectivity index (χ2v) is 11.2. The molecular formula is C23H32N8O6S2. The van der Waals surface area contributed by atoms with Gasteiger partial charge in [-0.3, -0.25) is 18.7 Å². The molecule has 0 amide bonds. The molecule has 212 valence electrons. The van der Waals surface area contributed by atoms with Crippen molar-refractivity contribution in [1.82, 2.24) is 29.1 Å². The van der Waals surface area contributed by atoms with Crippen molar-refractivity contribution >= 4 is 55.3 Å². The maximum absolute atomic E-state index is 12.1. The summed E-state index contributed by atoms with van der Waals surface area (Å²) in [5.74, 6) is 0.685. The van der Waals surface area contributed by atoms with Crippen molar-refractivity contribution < 1.29 is 19.7 Å². The van der Waals surface area contributed by atoms with E-state index in [0.717, 1.165) is 40.2 Å². The van der Waals surface area contributed by atoms with Gasteiger partial charge in [0.25, 0.3) is 0 Å². The maximum Gasteiger partial charge on any atom is 0.311 e. The second-order valence-electron chi connectivity index (χ2n) is 9.17. The quantitative estimate of drug-likeness (QED) is 0.271. The highest BCUT2D eigenvalue weighted by atomic mass is 32.1. The number of nitrogens with two attached hydrogens (primary N) is 2. The number of aliphatic hydroxyl groups is 2. The Kier molecular flexibility index (Phi) is 8.63. The third kappa shape index (κ3) is 5.53. The molecule has 2 aliphatic rings. The van der Waals surface area contributed by atoms with Gasteiger partial charge in [-0.15, -0.1) is 0 Å². The van der Waals surface area contributed by atoms with Crippen LogP contribution in [0.1, 0.15) is 53.0 Å². The minimum absolute atomic E-state index is 0. The van der Waals surface area contributed by atoms with Gasteiger partial charge in [-0.1, -0.05) is 43.9 Å². The molecule has 6 heterocycles. The standard InChI is InChI=1S/C12H16N4O2S.C10H12N4O4S.CH4/c1-3-7-6(2)4-9(18-7)16-10-8(19-12(16)17)5-14-11(13)15-10;11-9-12-2-6-8(13-9)14(10(17)19-6)7-1-4(16)5(3-15)18-7;/h5-7,9H,3-4H2,1-2H3,(H2,13,14,15);2,4-5,7,15-16H,1,3H2,(H2,11,12,13);1H4/t6-,7+,9+;4-,5+,7+;/m00./s1. The first-order valence-corrected chi connectivity index (χ1v) is 13.7. The molecule has 0 unspecified atom stereocenters. The van der Waals surface area contributed by atoms with Crippen molar-refractivity contribution in [2.45, 2.75) is 71.3 Å². The van der Waals surface area contributed by atoms with Crippen molar-refractivity contribution in [3.8, 4) is 0 Å². The van der Waals surface area contributed by atoms with E-state index in [4.69, 9.17) is 26.0 Å². The zero-order valence-corrected chi connectivity index (χ0v) is 22.3. The van der Waals surface area contributed by atoms with Gasteiger partial charge in [-0.2, -0.15) is 9.97 Å². The number of fused-ring (bicyclic) bond motifs is 2. The summed E-state index contributed by atoms with van der Waals surface area (Å²) >= 11 is 2.12. The Labute approximate surface area is 230 Å². The topological polar surface area (TPSA) is 207 Å². The predicted molar refractivity (Wildman–Crippen MR) is 149 cm³/mol. The molecule has 2 fully saturated rings. The zero-order valence-electron chi connectivity index (χ0n) is 20.6. The summed E-state index contributed by atoms with van der Waals surface area (Å²) in [5, 5.41) is 18.8. The van der Waals surface area contributed by atoms with Crippen LogP contribution < -0.4 is 21.2 Å². The number of rotatable bonds is 4. The first-order valence-electron chi connectivity index (χ1n) is 12.1. The van der Waals surface area contributed by atoms with Gasteiger partial charge in [0.1, 0.15) is 18.6 Å². The van der Waals surface area contributed by atoms with Gasteiger partial charge in [0.05, 0.1) is 40.6 Å². The summed E-state index contributed by atoms with van der Waals surface area (Å²) in [6.45, 7) is 3.95. The molecule has 4 aromatic rings. The fourth-order valence-electron chi connectivity index (χ4n) is 4.77. The summed E-state index contributed by atoms with van der Waals surface area (Å²) in [5.41, 5.74) is 12.1. The number of aromatic nitrogens is 6. The van der Waals surface area contributed by atoms with E-state index in [-0.39, 0.29) is 54.4 Å². The Morgan fingerprint density at radius 3 is 1.87 bits per heavy atom. The summed E-state index contributed by atoms with van der Waals surface area (Å²) < 4.78 is 15.7. The molecule has 4 aromatic heterocycles. The van der Waals surface area contributed by atoms with Gasteiger partial charge in [0, 0.05) is 6.42 Å². The Balaban J connectivity index is 0.000000176. The van der Waals surface area contributed by atoms with E-state index >= 15 is 0 Å². The van der Waals surface area contributed by atoms with Crippen molar-refractivity contribution in [3.63, 3.8) is 0 Å². The van der Waals surface area contributed by atoms with Gasteiger partial charge < -0.3 is 31.2 Å². The molecule has 0 aliphatic carbocycles. The lowest BCUT2D eigenvalue weighted by Gasteiger charge is -2.14. The average Bonchev–Trinajstić information content (AvgIpc) is 3.61. The Hall–Kier alpha value is -3.02. The third-order valence-electron chi connectivity index (χ3n) is 6.66. The van der Waals surface area contributed by atoms with Crippen molar-refractivity contribution in [2.75, 3.05) is 18.1 Å². The van der Waals surface area contributed by atoms with Gasteiger partial charge >= 0.3 is 9.75 Å². The number of aliphatic hydroxyl groups excluding tert-OH is 2. The fourth-order valence-corrected chi connectivity index (χ4v) is 6.43. The van der Waals surface area contributed by atoms with Gasteiger partial charge in [0.15, 0.2) is 11.3 Å². The predicted octanol–water partition coefficient (Wildman–Crippen LogP) is 1.48. The fraction of sp³-hybridized carbons (Fsp3) is 0.565. The van der Waals surface area contributed by atoms with Gasteiger partial charge in [0.2, 0.25) is 11.9 Å². The number of hydrogen-bond acceptors (Lipinski definition) is 14. The lowest BCUT2D eigenvalue weighted by Crippen LogP contribution is -2.24. The van der Waals surface area contributed by atoms with Gasteiger partial charge in [-0.05, 0) is 18.8 Å². The first kappa shape index (κ1) is 29.0. The molecule has 39 heavy (non-hydrogen) atoms. The summed E-state index contributed by atoms with van der Waals surface area (Å²) in [7, 11) is 0. The monoisotopic (exact) mass is 580 g/mol. The Morgan fingerprint density at radius 1 is 0.949 bits per heavy atom. The third-order valence-corrected chi connectivity index (χ3v) is 8.41. The number of hydrogen-bond donors (Lipinski definition) is 4. The molecule has 0 aromatic carbocycles. The van der Waals surface area contributed by atoms with E-state index in [9.17, 15) is 14.7 Å². The van der Waals surface area contributed by atoms with Crippen LogP contribution in [0.4, 0.5) is 11.9 Å². The molecule has 6 N–H and O–H groups in total. The smallest absolute Gasteiger partial charge is 0.311 e. The number of anilines is 2. The number of thiazole rings is 2. The highest BCUT2D eigenvalue weighted by Crippen LogP contribution is 2.36. The molecule has 14 nitrogen and oxygen atoms in total. The molecule has 0 saturated carbocycles. The molecule has 16 heteroatoms. The molecular weight excluding hydrogens is 548 g/mol.